The van der Waals surface area contributed by atoms with Crippen LogP contribution in [0.15, 0.2) is 36.5 Å². The summed E-state index contributed by atoms with van der Waals surface area (Å²) in [6.07, 6.45) is 4.40. The van der Waals surface area contributed by atoms with Crippen molar-refractivity contribution in [1.29, 1.82) is 0 Å². The monoisotopic (exact) mass is 385 g/mol. The maximum absolute atomic E-state index is 12.4. The van der Waals surface area contributed by atoms with Gasteiger partial charge in [0, 0.05) is 18.7 Å². The molecule has 0 radical (unpaired) electrons. The van der Waals surface area contributed by atoms with Crippen molar-refractivity contribution in [2.75, 3.05) is 19.0 Å². The van der Waals surface area contributed by atoms with E-state index < -0.39 is 0 Å². The van der Waals surface area contributed by atoms with Gasteiger partial charge in [0.25, 0.3) is 5.91 Å². The van der Waals surface area contributed by atoms with Gasteiger partial charge in [0.1, 0.15) is 5.75 Å². The number of nitrogens with one attached hydrogen (secondary N) is 2. The Morgan fingerprint density at radius 1 is 1.33 bits per heavy atom. The van der Waals surface area contributed by atoms with Crippen molar-refractivity contribution in [2.24, 2.45) is 0 Å². The van der Waals surface area contributed by atoms with Gasteiger partial charge < -0.3 is 15.4 Å². The molecule has 4 rings (SSSR count). The second-order valence-electron chi connectivity index (χ2n) is 6.53. The van der Waals surface area contributed by atoms with Crippen molar-refractivity contribution >= 4 is 28.8 Å². The van der Waals surface area contributed by atoms with Gasteiger partial charge in [0.2, 0.25) is 0 Å². The second kappa shape index (κ2) is 7.44. The number of nitrogens with zero attached hydrogens (tertiary/aromatic N) is 3. The zero-order valence-corrected chi connectivity index (χ0v) is 15.7. The van der Waals surface area contributed by atoms with Crippen LogP contribution in [0.5, 0.6) is 5.75 Å². The Labute approximate surface area is 161 Å². The lowest BCUT2D eigenvalue weighted by Crippen LogP contribution is -2.27. The quantitative estimate of drug-likeness (QED) is 0.653. The standard InChI is InChI=1S/C19H20ClN5O2/c1-27-14-6-2-12(3-7-14)8-9-21-15-10-17(20)24-25-16(11-22-18(15)25)19(26)23-13-4-5-13/h2-3,6-7,10-11,13,21H,4-5,8-9H2,1H3,(H,23,26). The number of hydrogen-bond acceptors (Lipinski definition) is 5. The van der Waals surface area contributed by atoms with E-state index in [0.29, 0.717) is 23.0 Å². The number of amides is 1. The highest BCUT2D eigenvalue weighted by molar-refractivity contribution is 6.29. The summed E-state index contributed by atoms with van der Waals surface area (Å²) in [7, 11) is 1.65. The Morgan fingerprint density at radius 3 is 2.81 bits per heavy atom. The van der Waals surface area contributed by atoms with E-state index in [0.717, 1.165) is 30.7 Å². The molecule has 2 heterocycles. The number of hydrogen-bond donors (Lipinski definition) is 2. The van der Waals surface area contributed by atoms with E-state index >= 15 is 0 Å². The van der Waals surface area contributed by atoms with Crippen molar-refractivity contribution in [3.8, 4) is 5.75 Å². The summed E-state index contributed by atoms with van der Waals surface area (Å²) in [5.41, 5.74) is 2.90. The maximum atomic E-state index is 12.4. The molecule has 140 valence electrons. The molecule has 0 bridgehead atoms. The molecule has 1 aliphatic carbocycles. The van der Waals surface area contributed by atoms with Gasteiger partial charge in [0.05, 0.1) is 19.0 Å². The highest BCUT2D eigenvalue weighted by atomic mass is 35.5. The lowest BCUT2D eigenvalue weighted by atomic mass is 10.1. The highest BCUT2D eigenvalue weighted by Crippen LogP contribution is 2.22. The zero-order chi connectivity index (χ0) is 18.8. The van der Waals surface area contributed by atoms with Crippen molar-refractivity contribution in [3.05, 3.63) is 52.9 Å². The Balaban J connectivity index is 1.49. The molecule has 1 aromatic carbocycles. The first kappa shape index (κ1) is 17.6. The summed E-state index contributed by atoms with van der Waals surface area (Å²) < 4.78 is 6.67. The minimum absolute atomic E-state index is 0.177. The fourth-order valence-corrected chi connectivity index (χ4v) is 3.03. The highest BCUT2D eigenvalue weighted by Gasteiger charge is 2.26. The number of carbonyl (C=O) groups excluding carboxylic acids is 1. The van der Waals surface area contributed by atoms with Gasteiger partial charge in [0.15, 0.2) is 16.5 Å². The number of fused-ring (bicyclic) bond motifs is 1. The van der Waals surface area contributed by atoms with Crippen molar-refractivity contribution < 1.29 is 9.53 Å². The van der Waals surface area contributed by atoms with Crippen LogP contribution in [0.4, 0.5) is 5.69 Å². The number of benzene rings is 1. The predicted molar refractivity (Wildman–Crippen MR) is 104 cm³/mol. The summed E-state index contributed by atoms with van der Waals surface area (Å²) in [5.74, 6) is 0.660. The third kappa shape index (κ3) is 3.98. The number of ether oxygens (including phenoxy) is 1. The number of carbonyl (C=O) groups is 1. The van der Waals surface area contributed by atoms with E-state index in [1.54, 1.807) is 13.2 Å². The number of anilines is 1. The van der Waals surface area contributed by atoms with E-state index in [1.165, 1.54) is 16.3 Å². The van der Waals surface area contributed by atoms with Gasteiger partial charge in [-0.25, -0.2) is 9.50 Å². The van der Waals surface area contributed by atoms with Gasteiger partial charge in [-0.05, 0) is 37.0 Å². The lowest BCUT2D eigenvalue weighted by Gasteiger charge is -2.09. The minimum atomic E-state index is -0.177. The number of imidazole rings is 1. The van der Waals surface area contributed by atoms with E-state index in [4.69, 9.17) is 16.3 Å². The first-order valence-electron chi connectivity index (χ1n) is 8.86. The molecule has 1 amide bonds. The summed E-state index contributed by atoms with van der Waals surface area (Å²) >= 11 is 6.16. The normalized spacial score (nSPS) is 13.6. The molecule has 1 aliphatic rings. The van der Waals surface area contributed by atoms with Crippen LogP contribution in [-0.4, -0.2) is 40.2 Å². The lowest BCUT2D eigenvalue weighted by molar-refractivity contribution is 0.0944. The third-order valence-corrected chi connectivity index (χ3v) is 4.66. The first-order chi connectivity index (χ1) is 13.1. The summed E-state index contributed by atoms with van der Waals surface area (Å²) in [6, 6.07) is 9.94. The molecule has 1 fully saturated rings. The van der Waals surface area contributed by atoms with Gasteiger partial charge in [-0.1, -0.05) is 23.7 Å². The average Bonchev–Trinajstić information content (AvgIpc) is 3.38. The van der Waals surface area contributed by atoms with Crippen molar-refractivity contribution in [1.82, 2.24) is 19.9 Å². The van der Waals surface area contributed by atoms with Crippen LogP contribution in [-0.2, 0) is 6.42 Å². The molecule has 8 heteroatoms. The Bertz CT molecular complexity index is 966. The van der Waals surface area contributed by atoms with E-state index in [9.17, 15) is 4.79 Å². The molecular weight excluding hydrogens is 366 g/mol. The summed E-state index contributed by atoms with van der Waals surface area (Å²) in [4.78, 5) is 16.7. The first-order valence-corrected chi connectivity index (χ1v) is 9.24. The zero-order valence-electron chi connectivity index (χ0n) is 14.9. The maximum Gasteiger partial charge on any atom is 0.271 e. The molecular formula is C19H20ClN5O2. The SMILES string of the molecule is COc1ccc(CCNc2cc(Cl)nn3c(C(=O)NC4CC4)cnc23)cc1. The van der Waals surface area contributed by atoms with E-state index in [-0.39, 0.29) is 11.9 Å². The molecule has 0 atom stereocenters. The second-order valence-corrected chi connectivity index (χ2v) is 6.92. The van der Waals surface area contributed by atoms with E-state index in [2.05, 4.69) is 20.7 Å². The molecule has 7 nitrogen and oxygen atoms in total. The van der Waals surface area contributed by atoms with Crippen LogP contribution < -0.4 is 15.4 Å². The molecule has 0 unspecified atom stereocenters. The number of rotatable bonds is 7. The van der Waals surface area contributed by atoms with Crippen molar-refractivity contribution in [3.63, 3.8) is 0 Å². The Kier molecular flexibility index (Phi) is 4.85. The van der Waals surface area contributed by atoms with Crippen molar-refractivity contribution in [2.45, 2.75) is 25.3 Å². The van der Waals surface area contributed by atoms with Gasteiger partial charge in [-0.2, -0.15) is 5.10 Å². The topological polar surface area (TPSA) is 80.5 Å². The molecule has 1 saturated carbocycles. The smallest absolute Gasteiger partial charge is 0.271 e. The largest absolute Gasteiger partial charge is 0.497 e. The van der Waals surface area contributed by atoms with Crippen LogP contribution in [0.25, 0.3) is 5.65 Å². The van der Waals surface area contributed by atoms with Crippen LogP contribution in [0.3, 0.4) is 0 Å². The minimum Gasteiger partial charge on any atom is -0.497 e. The molecule has 0 spiro atoms. The predicted octanol–water partition coefficient (Wildman–Crippen LogP) is 2.94. The molecule has 2 aromatic heterocycles. The number of methoxy groups -OCH3 is 1. The fourth-order valence-electron chi connectivity index (χ4n) is 2.84. The summed E-state index contributed by atoms with van der Waals surface area (Å²) in [6.45, 7) is 0.693. The Hall–Kier alpha value is -2.80. The fraction of sp³-hybridized carbons (Fsp3) is 0.316. The number of aromatic nitrogens is 3. The van der Waals surface area contributed by atoms with Crippen LogP contribution in [0.1, 0.15) is 28.9 Å². The molecule has 3 aromatic rings. The van der Waals surface area contributed by atoms with Crippen LogP contribution >= 0.6 is 11.6 Å². The molecule has 0 aliphatic heterocycles. The van der Waals surface area contributed by atoms with Crippen LogP contribution in [0, 0.1) is 0 Å². The molecule has 0 saturated heterocycles. The molecule has 27 heavy (non-hydrogen) atoms. The average molecular weight is 386 g/mol. The van der Waals surface area contributed by atoms with Gasteiger partial charge in [-0.3, -0.25) is 4.79 Å². The summed E-state index contributed by atoms with van der Waals surface area (Å²) in [5, 5.41) is 10.8. The Morgan fingerprint density at radius 2 is 2.11 bits per heavy atom. The van der Waals surface area contributed by atoms with Gasteiger partial charge in [-0.15, -0.1) is 0 Å². The number of halogens is 1. The molecule has 2 N–H and O–H groups in total. The van der Waals surface area contributed by atoms with Gasteiger partial charge >= 0.3 is 0 Å². The van der Waals surface area contributed by atoms with Crippen LogP contribution in [0.2, 0.25) is 5.15 Å². The van der Waals surface area contributed by atoms with E-state index in [1.807, 2.05) is 24.3 Å². The third-order valence-electron chi connectivity index (χ3n) is 4.47.